The lowest BCUT2D eigenvalue weighted by Crippen LogP contribution is -2.41. The van der Waals surface area contributed by atoms with E-state index < -0.39 is 0 Å². The first-order valence-electron chi connectivity index (χ1n) is 8.87. The smallest absolute Gasteiger partial charge is 0.191 e. The maximum Gasteiger partial charge on any atom is 0.191 e. The molecule has 6 heteroatoms. The fraction of sp³-hybridized carbons (Fsp3) is 0.474. The van der Waals surface area contributed by atoms with Crippen LogP contribution in [0.15, 0.2) is 29.3 Å². The number of guanidine groups is 1. The molecule has 5 nitrogen and oxygen atoms in total. The first-order valence-corrected chi connectivity index (χ1v) is 9.68. The molecule has 1 aliphatic heterocycles. The summed E-state index contributed by atoms with van der Waals surface area (Å²) in [4.78, 5) is 10.6. The van der Waals surface area contributed by atoms with Gasteiger partial charge in [0.25, 0.3) is 0 Å². The van der Waals surface area contributed by atoms with Crippen molar-refractivity contribution in [3.8, 4) is 5.75 Å². The molecule has 2 heterocycles. The standard InChI is InChI=1S/C19H26N4OS/c1-4-20-19(21-11-9-18-13(2)22-14(3)25-18)23-16-10-12-24-17-8-6-5-7-15(16)17/h5-8,16H,4,9-12H2,1-3H3,(H2,20,21,23). The van der Waals surface area contributed by atoms with Crippen LogP contribution in [0.3, 0.4) is 0 Å². The number of hydrogen-bond acceptors (Lipinski definition) is 4. The monoisotopic (exact) mass is 358 g/mol. The van der Waals surface area contributed by atoms with E-state index in [0.29, 0.717) is 0 Å². The van der Waals surface area contributed by atoms with Crippen molar-refractivity contribution in [3.05, 3.63) is 45.4 Å². The summed E-state index contributed by atoms with van der Waals surface area (Å²) in [5.74, 6) is 1.83. The molecule has 3 rings (SSSR count). The Hall–Kier alpha value is -2.08. The Morgan fingerprint density at radius 3 is 2.96 bits per heavy atom. The lowest BCUT2D eigenvalue weighted by atomic mass is 10.0. The predicted molar refractivity (Wildman–Crippen MR) is 104 cm³/mol. The van der Waals surface area contributed by atoms with Gasteiger partial charge in [-0.15, -0.1) is 11.3 Å². The van der Waals surface area contributed by atoms with Gasteiger partial charge >= 0.3 is 0 Å². The van der Waals surface area contributed by atoms with E-state index >= 15 is 0 Å². The second-order valence-electron chi connectivity index (χ2n) is 6.12. The molecule has 2 aromatic rings. The molecule has 1 atom stereocenters. The number of rotatable bonds is 5. The zero-order chi connectivity index (χ0) is 17.6. The van der Waals surface area contributed by atoms with Gasteiger partial charge in [0.1, 0.15) is 5.75 Å². The maximum absolute atomic E-state index is 5.74. The van der Waals surface area contributed by atoms with Crippen LogP contribution in [-0.2, 0) is 6.42 Å². The van der Waals surface area contributed by atoms with Crippen molar-refractivity contribution in [2.75, 3.05) is 19.7 Å². The molecule has 0 aliphatic carbocycles. The van der Waals surface area contributed by atoms with E-state index in [1.807, 2.05) is 12.1 Å². The zero-order valence-corrected chi connectivity index (χ0v) is 15.9. The summed E-state index contributed by atoms with van der Waals surface area (Å²) < 4.78 is 5.74. The van der Waals surface area contributed by atoms with Crippen LogP contribution < -0.4 is 15.4 Å². The van der Waals surface area contributed by atoms with Crippen molar-refractivity contribution in [3.63, 3.8) is 0 Å². The second kappa shape index (κ2) is 8.34. The predicted octanol–water partition coefficient (Wildman–Crippen LogP) is 3.38. The lowest BCUT2D eigenvalue weighted by Gasteiger charge is -2.28. The summed E-state index contributed by atoms with van der Waals surface area (Å²) in [7, 11) is 0. The number of aromatic nitrogens is 1. The van der Waals surface area contributed by atoms with Crippen LogP contribution in [0.1, 0.15) is 40.5 Å². The van der Waals surface area contributed by atoms with Gasteiger partial charge in [-0.25, -0.2) is 4.98 Å². The zero-order valence-electron chi connectivity index (χ0n) is 15.1. The van der Waals surface area contributed by atoms with Gasteiger partial charge in [0.15, 0.2) is 5.96 Å². The minimum Gasteiger partial charge on any atom is -0.493 e. The summed E-state index contributed by atoms with van der Waals surface area (Å²) >= 11 is 1.77. The molecule has 1 unspecified atom stereocenters. The van der Waals surface area contributed by atoms with Gasteiger partial charge in [-0.1, -0.05) is 18.2 Å². The van der Waals surface area contributed by atoms with Crippen LogP contribution in [0.5, 0.6) is 5.75 Å². The molecule has 134 valence electrons. The van der Waals surface area contributed by atoms with Crippen molar-refractivity contribution in [1.82, 2.24) is 15.6 Å². The Labute approximate surface area is 153 Å². The molecule has 2 N–H and O–H groups in total. The van der Waals surface area contributed by atoms with E-state index in [4.69, 9.17) is 9.73 Å². The number of para-hydroxylation sites is 1. The Balaban J connectivity index is 1.66. The van der Waals surface area contributed by atoms with Crippen LogP contribution in [0.25, 0.3) is 0 Å². The summed E-state index contributed by atoms with van der Waals surface area (Å²) in [6, 6.07) is 8.46. The van der Waals surface area contributed by atoms with Crippen LogP contribution in [0.4, 0.5) is 0 Å². The number of thiazole rings is 1. The van der Waals surface area contributed by atoms with Gasteiger partial charge in [0, 0.05) is 36.4 Å². The Morgan fingerprint density at radius 2 is 2.20 bits per heavy atom. The number of ether oxygens (including phenoxy) is 1. The molecule has 1 aromatic carbocycles. The summed E-state index contributed by atoms with van der Waals surface area (Å²) in [5, 5.41) is 8.04. The second-order valence-corrected chi connectivity index (χ2v) is 7.41. The SMILES string of the molecule is CCNC(=NCCc1sc(C)nc1C)NC1CCOc2ccccc21. The molecule has 0 saturated carbocycles. The largest absolute Gasteiger partial charge is 0.493 e. The van der Waals surface area contributed by atoms with Crippen LogP contribution >= 0.6 is 11.3 Å². The average molecular weight is 359 g/mol. The van der Waals surface area contributed by atoms with E-state index in [1.54, 1.807) is 11.3 Å². The van der Waals surface area contributed by atoms with Crippen molar-refractivity contribution < 1.29 is 4.74 Å². The molecule has 1 aromatic heterocycles. The number of fused-ring (bicyclic) bond motifs is 1. The van der Waals surface area contributed by atoms with E-state index in [0.717, 1.165) is 54.9 Å². The fourth-order valence-electron chi connectivity index (χ4n) is 3.05. The highest BCUT2D eigenvalue weighted by atomic mass is 32.1. The lowest BCUT2D eigenvalue weighted by molar-refractivity contribution is 0.261. The van der Waals surface area contributed by atoms with E-state index in [2.05, 4.69) is 48.5 Å². The van der Waals surface area contributed by atoms with Gasteiger partial charge < -0.3 is 15.4 Å². The molecular formula is C19H26N4OS. The third kappa shape index (κ3) is 4.51. The highest BCUT2D eigenvalue weighted by Gasteiger charge is 2.21. The number of nitrogens with one attached hydrogen (secondary N) is 2. The molecule has 0 amide bonds. The third-order valence-electron chi connectivity index (χ3n) is 4.22. The highest BCUT2D eigenvalue weighted by molar-refractivity contribution is 7.11. The molecule has 1 aliphatic rings. The topological polar surface area (TPSA) is 58.5 Å². The molecule has 0 saturated heterocycles. The third-order valence-corrected chi connectivity index (χ3v) is 5.35. The van der Waals surface area contributed by atoms with Gasteiger partial charge in [0.05, 0.1) is 23.4 Å². The van der Waals surface area contributed by atoms with Crippen LogP contribution in [-0.4, -0.2) is 30.6 Å². The van der Waals surface area contributed by atoms with Crippen LogP contribution in [0, 0.1) is 13.8 Å². The Bertz CT molecular complexity index is 741. The molecule has 0 spiro atoms. The van der Waals surface area contributed by atoms with E-state index in [9.17, 15) is 0 Å². The maximum atomic E-state index is 5.74. The molecule has 25 heavy (non-hydrogen) atoms. The van der Waals surface area contributed by atoms with Gasteiger partial charge in [0.2, 0.25) is 0 Å². The first kappa shape index (κ1) is 17.7. The first-order chi connectivity index (χ1) is 12.2. The molecule has 0 fully saturated rings. The molecule has 0 radical (unpaired) electrons. The molecule has 0 bridgehead atoms. The summed E-state index contributed by atoms with van der Waals surface area (Å²) in [6.45, 7) is 8.54. The minimum atomic E-state index is 0.232. The summed E-state index contributed by atoms with van der Waals surface area (Å²) in [6.07, 6.45) is 1.87. The van der Waals surface area contributed by atoms with Crippen molar-refractivity contribution in [2.24, 2.45) is 4.99 Å². The summed E-state index contributed by atoms with van der Waals surface area (Å²) in [5.41, 5.74) is 2.34. The highest BCUT2D eigenvalue weighted by Crippen LogP contribution is 2.31. The average Bonchev–Trinajstić information content (AvgIpc) is 2.93. The number of hydrogen-bond donors (Lipinski definition) is 2. The Kier molecular flexibility index (Phi) is 5.91. The van der Waals surface area contributed by atoms with Crippen molar-refractivity contribution >= 4 is 17.3 Å². The number of nitrogens with zero attached hydrogens (tertiary/aromatic N) is 2. The Morgan fingerprint density at radius 1 is 1.36 bits per heavy atom. The fourth-order valence-corrected chi connectivity index (χ4v) is 3.98. The van der Waals surface area contributed by atoms with Gasteiger partial charge in [-0.2, -0.15) is 0 Å². The number of aliphatic imine (C=N–C) groups is 1. The number of aryl methyl sites for hydroxylation is 2. The van der Waals surface area contributed by atoms with Gasteiger partial charge in [-0.05, 0) is 26.8 Å². The van der Waals surface area contributed by atoms with Crippen molar-refractivity contribution in [1.29, 1.82) is 0 Å². The minimum absolute atomic E-state index is 0.232. The van der Waals surface area contributed by atoms with E-state index in [1.165, 1.54) is 10.4 Å². The molecular weight excluding hydrogens is 332 g/mol. The quantitative estimate of drug-likeness (QED) is 0.635. The number of benzene rings is 1. The normalized spacial score (nSPS) is 16.9. The van der Waals surface area contributed by atoms with Crippen LogP contribution in [0.2, 0.25) is 0 Å². The van der Waals surface area contributed by atoms with Crippen molar-refractivity contribution in [2.45, 2.75) is 39.7 Å². The van der Waals surface area contributed by atoms with Gasteiger partial charge in [-0.3, -0.25) is 4.99 Å². The van der Waals surface area contributed by atoms with E-state index in [-0.39, 0.29) is 6.04 Å².